The summed E-state index contributed by atoms with van der Waals surface area (Å²) in [5.41, 5.74) is 2.68. The van der Waals surface area contributed by atoms with E-state index in [0.717, 1.165) is 0 Å². The number of aromatic nitrogens is 2. The smallest absolute Gasteiger partial charge is 0.354 e. The van der Waals surface area contributed by atoms with Crippen LogP contribution in [0, 0.1) is 6.92 Å². The van der Waals surface area contributed by atoms with Gasteiger partial charge in [-0.2, -0.15) is 0 Å². The Labute approximate surface area is 100 Å². The van der Waals surface area contributed by atoms with E-state index in [1.165, 1.54) is 16.8 Å². The number of carboxylic acid groups (broad SMARTS) is 1. The second-order valence-electron chi connectivity index (χ2n) is 3.37. The Morgan fingerprint density at radius 1 is 1.53 bits per heavy atom. The fourth-order valence-electron chi connectivity index (χ4n) is 1.37. The molecule has 0 aromatic carbocycles. The van der Waals surface area contributed by atoms with Crippen molar-refractivity contribution in [2.75, 3.05) is 5.32 Å². The quantitative estimate of drug-likeness (QED) is 0.774. The Morgan fingerprint density at radius 2 is 2.29 bits per heavy atom. The van der Waals surface area contributed by atoms with E-state index >= 15 is 0 Å². The summed E-state index contributed by atoms with van der Waals surface area (Å²) < 4.78 is 0. The Balaban J connectivity index is 2.24. The van der Waals surface area contributed by atoms with E-state index in [2.05, 4.69) is 15.3 Å². The van der Waals surface area contributed by atoms with Crippen LogP contribution in [0.2, 0.25) is 0 Å². The first-order valence-corrected chi connectivity index (χ1v) is 5.64. The standard InChI is InChI=1S/C10H9N3O3S/c1-5-2-6(8(12-5)10(15)16)13-9(14)7-3-17-4-11-7/h2-4,12H,1H3,(H,13,14)(H,15,16). The van der Waals surface area contributed by atoms with Crippen LogP contribution >= 0.6 is 11.3 Å². The molecule has 0 aliphatic heterocycles. The van der Waals surface area contributed by atoms with E-state index in [1.807, 2.05) is 0 Å². The number of carbonyl (C=O) groups is 2. The SMILES string of the molecule is Cc1cc(NC(=O)c2cscn2)c(C(=O)O)[nH]1. The van der Waals surface area contributed by atoms with Crippen LogP contribution < -0.4 is 5.32 Å². The minimum Gasteiger partial charge on any atom is -0.477 e. The first kappa shape index (κ1) is 11.3. The summed E-state index contributed by atoms with van der Waals surface area (Å²) in [6, 6.07) is 1.56. The van der Waals surface area contributed by atoms with Gasteiger partial charge in [0.25, 0.3) is 5.91 Å². The highest BCUT2D eigenvalue weighted by Crippen LogP contribution is 2.17. The third-order valence-corrected chi connectivity index (χ3v) is 2.67. The van der Waals surface area contributed by atoms with E-state index in [9.17, 15) is 9.59 Å². The number of aryl methyl sites for hydroxylation is 1. The molecule has 2 aromatic rings. The normalized spacial score (nSPS) is 10.2. The van der Waals surface area contributed by atoms with Gasteiger partial charge in [-0.25, -0.2) is 9.78 Å². The fraction of sp³-hybridized carbons (Fsp3) is 0.100. The van der Waals surface area contributed by atoms with Gasteiger partial charge < -0.3 is 15.4 Å². The zero-order chi connectivity index (χ0) is 12.4. The molecule has 0 bridgehead atoms. The Hall–Kier alpha value is -2.15. The number of carboxylic acids is 1. The molecule has 0 spiro atoms. The van der Waals surface area contributed by atoms with Crippen molar-refractivity contribution in [3.63, 3.8) is 0 Å². The van der Waals surface area contributed by atoms with Gasteiger partial charge in [0.15, 0.2) is 0 Å². The van der Waals surface area contributed by atoms with Gasteiger partial charge >= 0.3 is 5.97 Å². The number of aromatic carboxylic acids is 1. The number of amides is 1. The maximum atomic E-state index is 11.7. The van der Waals surface area contributed by atoms with E-state index in [4.69, 9.17) is 5.11 Å². The maximum absolute atomic E-state index is 11.7. The van der Waals surface area contributed by atoms with Crippen molar-refractivity contribution in [3.05, 3.63) is 34.0 Å². The first-order valence-electron chi connectivity index (χ1n) is 4.70. The number of hydrogen-bond donors (Lipinski definition) is 3. The summed E-state index contributed by atoms with van der Waals surface area (Å²) in [6.45, 7) is 1.71. The molecule has 17 heavy (non-hydrogen) atoms. The number of carbonyl (C=O) groups excluding carboxylic acids is 1. The van der Waals surface area contributed by atoms with Gasteiger partial charge in [-0.3, -0.25) is 4.79 Å². The van der Waals surface area contributed by atoms with E-state index < -0.39 is 11.9 Å². The number of nitrogens with zero attached hydrogens (tertiary/aromatic N) is 1. The van der Waals surface area contributed by atoms with E-state index in [-0.39, 0.29) is 17.1 Å². The molecular formula is C10H9N3O3S. The number of aromatic amines is 1. The molecule has 3 N–H and O–H groups in total. The monoisotopic (exact) mass is 251 g/mol. The van der Waals surface area contributed by atoms with Crippen LogP contribution in [0.5, 0.6) is 0 Å². The lowest BCUT2D eigenvalue weighted by atomic mass is 10.3. The molecule has 2 heterocycles. The molecule has 0 atom stereocenters. The lowest BCUT2D eigenvalue weighted by Gasteiger charge is -2.01. The van der Waals surface area contributed by atoms with E-state index in [0.29, 0.717) is 5.69 Å². The van der Waals surface area contributed by atoms with Gasteiger partial charge in [0.1, 0.15) is 11.4 Å². The predicted molar refractivity (Wildman–Crippen MR) is 62.6 cm³/mol. The van der Waals surface area contributed by atoms with Crippen molar-refractivity contribution >= 4 is 28.9 Å². The Morgan fingerprint density at radius 3 is 2.88 bits per heavy atom. The molecule has 0 saturated heterocycles. The zero-order valence-corrected chi connectivity index (χ0v) is 9.67. The molecule has 2 aromatic heterocycles. The predicted octanol–water partition coefficient (Wildman–Crippen LogP) is 1.73. The second kappa shape index (κ2) is 4.38. The number of thiazole rings is 1. The summed E-state index contributed by atoms with van der Waals surface area (Å²) in [6.07, 6.45) is 0. The van der Waals surface area contributed by atoms with Crippen molar-refractivity contribution in [2.24, 2.45) is 0 Å². The number of nitrogens with one attached hydrogen (secondary N) is 2. The largest absolute Gasteiger partial charge is 0.477 e. The Kier molecular flexibility index (Phi) is 2.92. The van der Waals surface area contributed by atoms with Gasteiger partial charge in [-0.1, -0.05) is 0 Å². The minimum atomic E-state index is -1.12. The second-order valence-corrected chi connectivity index (χ2v) is 4.09. The Bertz CT molecular complexity index is 559. The van der Waals surface area contributed by atoms with Crippen LogP contribution in [-0.2, 0) is 0 Å². The van der Waals surface area contributed by atoms with Gasteiger partial charge in [0, 0.05) is 11.1 Å². The molecule has 0 aliphatic rings. The van der Waals surface area contributed by atoms with Crippen molar-refractivity contribution in [3.8, 4) is 0 Å². The molecule has 0 radical (unpaired) electrons. The number of anilines is 1. The van der Waals surface area contributed by atoms with Crippen LogP contribution in [0.4, 0.5) is 5.69 Å². The first-order chi connectivity index (χ1) is 8.08. The minimum absolute atomic E-state index is 0.0360. The fourth-order valence-corrected chi connectivity index (χ4v) is 1.90. The highest BCUT2D eigenvalue weighted by atomic mass is 32.1. The van der Waals surface area contributed by atoms with Gasteiger partial charge in [0.05, 0.1) is 11.2 Å². The summed E-state index contributed by atoms with van der Waals surface area (Å²) in [5.74, 6) is -1.54. The number of rotatable bonds is 3. The van der Waals surface area contributed by atoms with Crippen LogP contribution in [0.25, 0.3) is 0 Å². The average molecular weight is 251 g/mol. The van der Waals surface area contributed by atoms with Crippen molar-refractivity contribution in [2.45, 2.75) is 6.92 Å². The molecule has 7 heteroatoms. The molecule has 1 amide bonds. The molecule has 0 unspecified atom stereocenters. The lowest BCUT2D eigenvalue weighted by molar-refractivity contribution is 0.0692. The number of hydrogen-bond acceptors (Lipinski definition) is 4. The van der Waals surface area contributed by atoms with Crippen LogP contribution in [-0.4, -0.2) is 27.0 Å². The molecule has 6 nitrogen and oxygen atoms in total. The summed E-state index contributed by atoms with van der Waals surface area (Å²) in [7, 11) is 0. The van der Waals surface area contributed by atoms with Gasteiger partial charge in [-0.15, -0.1) is 11.3 Å². The molecular weight excluding hydrogens is 242 g/mol. The van der Waals surface area contributed by atoms with E-state index in [1.54, 1.807) is 18.4 Å². The zero-order valence-electron chi connectivity index (χ0n) is 8.85. The van der Waals surface area contributed by atoms with Crippen molar-refractivity contribution in [1.82, 2.24) is 9.97 Å². The third kappa shape index (κ3) is 2.34. The lowest BCUT2D eigenvalue weighted by Crippen LogP contribution is -2.14. The summed E-state index contributed by atoms with van der Waals surface area (Å²) in [5, 5.41) is 13.0. The van der Waals surface area contributed by atoms with Gasteiger partial charge in [0.2, 0.25) is 0 Å². The maximum Gasteiger partial charge on any atom is 0.354 e. The van der Waals surface area contributed by atoms with Crippen LogP contribution in [0.1, 0.15) is 26.7 Å². The highest BCUT2D eigenvalue weighted by Gasteiger charge is 2.16. The average Bonchev–Trinajstić information content (AvgIpc) is 2.86. The topological polar surface area (TPSA) is 95.1 Å². The summed E-state index contributed by atoms with van der Waals surface area (Å²) >= 11 is 1.30. The third-order valence-electron chi connectivity index (χ3n) is 2.08. The summed E-state index contributed by atoms with van der Waals surface area (Å²) in [4.78, 5) is 29.1. The molecule has 2 rings (SSSR count). The van der Waals surface area contributed by atoms with Crippen molar-refractivity contribution < 1.29 is 14.7 Å². The van der Waals surface area contributed by atoms with Crippen molar-refractivity contribution in [1.29, 1.82) is 0 Å². The highest BCUT2D eigenvalue weighted by molar-refractivity contribution is 7.07. The molecule has 88 valence electrons. The molecule has 0 aliphatic carbocycles. The van der Waals surface area contributed by atoms with Gasteiger partial charge in [-0.05, 0) is 13.0 Å². The van der Waals surface area contributed by atoms with Crippen LogP contribution in [0.3, 0.4) is 0 Å². The molecule has 0 saturated carbocycles. The number of H-pyrrole nitrogens is 1. The van der Waals surface area contributed by atoms with Crippen LogP contribution in [0.15, 0.2) is 17.0 Å². The molecule has 0 fully saturated rings.